The zero-order valence-corrected chi connectivity index (χ0v) is 21.5. The third-order valence-electron chi connectivity index (χ3n) is 6.60. The maximum atomic E-state index is 13.1. The lowest BCUT2D eigenvalue weighted by atomic mass is 9.84. The zero-order valence-electron chi connectivity index (χ0n) is 19.9. The van der Waals surface area contributed by atoms with Crippen LogP contribution in [0.25, 0.3) is 21.0 Å². The minimum absolute atomic E-state index is 0.131. The van der Waals surface area contributed by atoms with Crippen molar-refractivity contribution in [3.8, 4) is 0 Å². The average Bonchev–Trinajstić information content (AvgIpc) is 3.53. The Labute approximate surface area is 225 Å². The second kappa shape index (κ2) is 10.6. The number of hydrogen-bond acceptors (Lipinski definition) is 11. The molecular weight excluding hydrogens is 563 g/mol. The maximum absolute atomic E-state index is 13.1. The summed E-state index contributed by atoms with van der Waals surface area (Å²) in [4.78, 5) is 30.3. The first kappa shape index (κ1) is 27.8. The molecule has 1 saturated heterocycles. The molecule has 39 heavy (non-hydrogen) atoms. The van der Waals surface area contributed by atoms with Crippen molar-refractivity contribution in [1.82, 2.24) is 14.8 Å². The molecule has 4 heterocycles. The Balaban J connectivity index is 1.41. The molecule has 0 aliphatic carbocycles. The summed E-state index contributed by atoms with van der Waals surface area (Å²) in [5.41, 5.74) is -0.893. The van der Waals surface area contributed by atoms with Gasteiger partial charge in [-0.1, -0.05) is 0 Å². The average molecular weight is 586 g/mol. The molecule has 3 aromatic heterocycles. The SMILES string of the molecule is O=C(Cc1nn(Cc2nc3cc(C(F)(F)F)ccc3s2)c(=O)c2cscc12)CC1[C@H](O)C(CO)OC(O)[C@@H]1O. The third kappa shape index (κ3) is 5.48. The lowest BCUT2D eigenvalue weighted by Crippen LogP contribution is -2.55. The molecule has 1 aliphatic heterocycles. The number of halogens is 3. The molecule has 0 bridgehead atoms. The van der Waals surface area contributed by atoms with Gasteiger partial charge in [0.15, 0.2) is 6.29 Å². The number of ketones is 1. The van der Waals surface area contributed by atoms with Gasteiger partial charge >= 0.3 is 6.18 Å². The number of rotatable bonds is 7. The number of Topliss-reactive ketones (excluding diaryl/α,β-unsaturated/α-hetero) is 1. The predicted octanol–water partition coefficient (Wildman–Crippen LogP) is 1.68. The lowest BCUT2D eigenvalue weighted by molar-refractivity contribution is -0.273. The fourth-order valence-electron chi connectivity index (χ4n) is 4.60. The summed E-state index contributed by atoms with van der Waals surface area (Å²) in [5.74, 6) is -1.56. The molecular formula is C24H22F3N3O7S2. The summed E-state index contributed by atoms with van der Waals surface area (Å²) in [6.45, 7) is -0.755. The Hall–Kier alpha value is -2.79. The summed E-state index contributed by atoms with van der Waals surface area (Å²) in [5, 5.41) is 48.6. The van der Waals surface area contributed by atoms with Crippen LogP contribution in [-0.4, -0.2) is 72.2 Å². The Morgan fingerprint density at radius 3 is 2.59 bits per heavy atom. The fourth-order valence-corrected chi connectivity index (χ4v) is 6.36. The number of aliphatic hydroxyl groups excluding tert-OH is 4. The summed E-state index contributed by atoms with van der Waals surface area (Å²) in [7, 11) is 0. The number of carbonyl (C=O) groups excluding carboxylic acids is 1. The van der Waals surface area contributed by atoms with Crippen molar-refractivity contribution in [1.29, 1.82) is 0 Å². The molecule has 208 valence electrons. The molecule has 0 spiro atoms. The molecule has 1 aromatic carbocycles. The van der Waals surface area contributed by atoms with E-state index >= 15 is 0 Å². The fraction of sp³-hybridized carbons (Fsp3) is 0.417. The van der Waals surface area contributed by atoms with E-state index in [1.54, 1.807) is 10.8 Å². The standard InChI is InChI=1S/C24H22F3N3O7S2/c25-24(26,27)10-1-2-18-16(3-10)28-19(39-18)6-30-22(35)14-9-38-8-13(14)15(29-30)5-11(32)4-12-20(33)17(7-31)37-23(36)21(12)34/h1-3,8-9,12,17,20-21,23,31,33-34,36H,4-7H2/t12?,17?,20-,21+,23?/m0/s1. The Bertz CT molecular complexity index is 1580. The predicted molar refractivity (Wildman–Crippen MR) is 134 cm³/mol. The number of ether oxygens (including phenoxy) is 1. The van der Waals surface area contributed by atoms with Crippen LogP contribution in [0, 0.1) is 5.92 Å². The molecule has 0 radical (unpaired) electrons. The molecule has 0 amide bonds. The van der Waals surface area contributed by atoms with Crippen molar-refractivity contribution in [3.63, 3.8) is 0 Å². The first-order valence-corrected chi connectivity index (χ1v) is 13.5. The summed E-state index contributed by atoms with van der Waals surface area (Å²) in [6, 6.07) is 3.22. The van der Waals surface area contributed by atoms with Crippen molar-refractivity contribution in [3.05, 3.63) is 55.6 Å². The summed E-state index contributed by atoms with van der Waals surface area (Å²) < 4.78 is 45.8. The van der Waals surface area contributed by atoms with Crippen LogP contribution in [0.3, 0.4) is 0 Å². The van der Waals surface area contributed by atoms with Gasteiger partial charge in [0.1, 0.15) is 23.0 Å². The van der Waals surface area contributed by atoms with E-state index in [4.69, 9.17) is 4.74 Å². The number of aromatic nitrogens is 3. The van der Waals surface area contributed by atoms with Gasteiger partial charge in [0.25, 0.3) is 5.56 Å². The van der Waals surface area contributed by atoms with Gasteiger partial charge in [-0.25, -0.2) is 9.67 Å². The van der Waals surface area contributed by atoms with Crippen LogP contribution in [0.2, 0.25) is 0 Å². The van der Waals surface area contributed by atoms with Crippen molar-refractivity contribution < 1.29 is 43.1 Å². The van der Waals surface area contributed by atoms with Crippen molar-refractivity contribution in [2.45, 2.75) is 50.2 Å². The number of benzene rings is 1. The van der Waals surface area contributed by atoms with E-state index in [1.807, 2.05) is 0 Å². The molecule has 4 aromatic rings. The van der Waals surface area contributed by atoms with Gasteiger partial charge in [0.2, 0.25) is 0 Å². The minimum atomic E-state index is -4.52. The van der Waals surface area contributed by atoms with Crippen LogP contribution < -0.4 is 5.56 Å². The topological polar surface area (TPSA) is 155 Å². The van der Waals surface area contributed by atoms with Crippen LogP contribution in [0.1, 0.15) is 22.7 Å². The first-order valence-electron chi connectivity index (χ1n) is 11.7. The number of nitrogens with zero attached hydrogens (tertiary/aromatic N) is 3. The van der Waals surface area contributed by atoms with E-state index in [-0.39, 0.29) is 30.6 Å². The normalized spacial score (nSPS) is 24.0. The van der Waals surface area contributed by atoms with Crippen LogP contribution >= 0.6 is 22.7 Å². The highest BCUT2D eigenvalue weighted by Crippen LogP contribution is 2.33. The van der Waals surface area contributed by atoms with Gasteiger partial charge in [-0.15, -0.1) is 11.3 Å². The van der Waals surface area contributed by atoms with E-state index < -0.39 is 60.2 Å². The minimum Gasteiger partial charge on any atom is -0.394 e. The van der Waals surface area contributed by atoms with Gasteiger partial charge in [0.05, 0.1) is 52.5 Å². The second-order valence-corrected chi connectivity index (χ2v) is 11.1. The van der Waals surface area contributed by atoms with Gasteiger partial charge < -0.3 is 25.2 Å². The van der Waals surface area contributed by atoms with E-state index in [2.05, 4.69) is 10.1 Å². The number of aliphatic hydroxyl groups is 4. The highest BCUT2D eigenvalue weighted by atomic mass is 32.1. The van der Waals surface area contributed by atoms with E-state index in [0.717, 1.165) is 28.2 Å². The number of fused-ring (bicyclic) bond motifs is 2. The number of thiophene rings is 1. The molecule has 1 aliphatic rings. The van der Waals surface area contributed by atoms with Crippen molar-refractivity contribution in [2.24, 2.45) is 5.92 Å². The van der Waals surface area contributed by atoms with E-state index in [9.17, 15) is 43.2 Å². The zero-order chi connectivity index (χ0) is 28.1. The molecule has 1 fully saturated rings. The Morgan fingerprint density at radius 2 is 1.87 bits per heavy atom. The highest BCUT2D eigenvalue weighted by molar-refractivity contribution is 7.18. The van der Waals surface area contributed by atoms with Crippen LogP contribution in [0.5, 0.6) is 0 Å². The summed E-state index contributed by atoms with van der Waals surface area (Å²) >= 11 is 2.35. The van der Waals surface area contributed by atoms with Crippen molar-refractivity contribution in [2.75, 3.05) is 6.61 Å². The lowest BCUT2D eigenvalue weighted by Gasteiger charge is -2.40. The molecule has 0 saturated carbocycles. The maximum Gasteiger partial charge on any atom is 0.416 e. The van der Waals surface area contributed by atoms with E-state index in [0.29, 0.717) is 20.5 Å². The third-order valence-corrected chi connectivity index (χ3v) is 8.36. The quantitative estimate of drug-likeness (QED) is 0.254. The molecule has 5 atom stereocenters. The second-order valence-electron chi connectivity index (χ2n) is 9.21. The first-order chi connectivity index (χ1) is 18.5. The number of hydrogen-bond donors (Lipinski definition) is 4. The Morgan fingerprint density at radius 1 is 1.13 bits per heavy atom. The smallest absolute Gasteiger partial charge is 0.394 e. The van der Waals surface area contributed by atoms with Gasteiger partial charge in [-0.2, -0.15) is 29.6 Å². The van der Waals surface area contributed by atoms with Crippen LogP contribution in [0.4, 0.5) is 13.2 Å². The Kier molecular flexibility index (Phi) is 7.58. The van der Waals surface area contributed by atoms with Gasteiger partial charge in [-0.05, 0) is 18.2 Å². The van der Waals surface area contributed by atoms with E-state index in [1.165, 1.54) is 17.4 Å². The van der Waals surface area contributed by atoms with Crippen molar-refractivity contribution >= 4 is 49.4 Å². The molecule has 5 rings (SSSR count). The highest BCUT2D eigenvalue weighted by Gasteiger charge is 2.44. The van der Waals surface area contributed by atoms with Crippen LogP contribution in [0.15, 0.2) is 33.8 Å². The molecule has 15 heteroatoms. The molecule has 10 nitrogen and oxygen atoms in total. The number of alkyl halides is 3. The van der Waals surface area contributed by atoms with Crippen LogP contribution in [-0.2, 0) is 28.7 Å². The largest absolute Gasteiger partial charge is 0.416 e. The monoisotopic (exact) mass is 585 g/mol. The summed E-state index contributed by atoms with van der Waals surface area (Å²) in [6.07, 6.45) is -11.0. The molecule has 3 unspecified atom stereocenters. The number of carbonyl (C=O) groups is 1. The van der Waals surface area contributed by atoms with Gasteiger partial charge in [0, 0.05) is 28.5 Å². The number of thiazole rings is 1. The van der Waals surface area contributed by atoms with Gasteiger partial charge in [-0.3, -0.25) is 9.59 Å². The molecule has 4 N–H and O–H groups in total.